The summed E-state index contributed by atoms with van der Waals surface area (Å²) in [7, 11) is 0. The van der Waals surface area contributed by atoms with E-state index in [1.807, 2.05) is 0 Å². The van der Waals surface area contributed by atoms with Crippen molar-refractivity contribution in [3.05, 3.63) is 0 Å². The number of nitrogens with two attached hydrogens (primary N) is 2. The Hall–Kier alpha value is -3.06. The molecule has 0 aliphatic heterocycles. The molecule has 0 unspecified atom stereocenters. The number of carbonyl (C=O) groups excluding carboxylic acids is 4. The molecule has 0 bridgehead atoms. The third-order valence-corrected chi connectivity index (χ3v) is 5.42. The Kier molecular flexibility index (Phi) is 24.0. The molecule has 0 amide bonds. The van der Waals surface area contributed by atoms with Gasteiger partial charge in [-0.1, -0.05) is 0 Å². The van der Waals surface area contributed by atoms with Gasteiger partial charge in [-0.05, 0) is 12.8 Å². The van der Waals surface area contributed by atoms with Crippen molar-refractivity contribution in [2.45, 2.75) is 86.6 Å². The second-order valence-corrected chi connectivity index (χ2v) is 8.89. The first-order chi connectivity index (χ1) is 20.2. The fourth-order valence-electron chi connectivity index (χ4n) is 2.74. The van der Waals surface area contributed by atoms with Crippen molar-refractivity contribution < 1.29 is 117 Å². The molecule has 10 atom stereocenters. The van der Waals surface area contributed by atoms with Crippen LogP contribution in [0.2, 0.25) is 0 Å². The summed E-state index contributed by atoms with van der Waals surface area (Å²) in [6.45, 7) is -1.95. The van der Waals surface area contributed by atoms with Gasteiger partial charge in [0.25, 0.3) is 0 Å². The first kappa shape index (κ1) is 46.4. The molecule has 22 nitrogen and oxygen atoms in total. The number of carbonyl (C=O) groups is 6. The van der Waals surface area contributed by atoms with Crippen LogP contribution in [0.5, 0.6) is 0 Å². The minimum absolute atomic E-state index is 0. The minimum atomic E-state index is -2.32. The standard InChI is InChI=1S/2C11H19NO10.Cu/c2*12-4(10(18)19)1-2-6(15)22-9(11(20)21)8(17)7(16)5(14)3-13;/h2*4-5,7-9,13-14,16-17H,1-3,12H2,(H,18,19)(H,20,21);/q;;+2/p-2/t2*4-,5+,7+,8-,9+;/m00./s1. The van der Waals surface area contributed by atoms with Crippen LogP contribution in [0.25, 0.3) is 0 Å². The smallest absolute Gasteiger partial charge is 0.546 e. The number of aliphatic hydroxyl groups excluding tert-OH is 8. The van der Waals surface area contributed by atoms with E-state index in [9.17, 15) is 59.4 Å². The molecule has 0 aromatic rings. The van der Waals surface area contributed by atoms with Crippen LogP contribution in [0.15, 0.2) is 0 Å². The summed E-state index contributed by atoms with van der Waals surface area (Å²) >= 11 is 0. The van der Waals surface area contributed by atoms with Gasteiger partial charge in [0.05, 0.1) is 25.2 Å². The van der Waals surface area contributed by atoms with Crippen LogP contribution in [-0.2, 0) is 55.3 Å². The number of rotatable bonds is 20. The van der Waals surface area contributed by atoms with E-state index >= 15 is 0 Å². The van der Waals surface area contributed by atoms with Gasteiger partial charge in [0.2, 0.25) is 0 Å². The van der Waals surface area contributed by atoms with Gasteiger partial charge < -0.3 is 91.8 Å². The van der Waals surface area contributed by atoms with E-state index in [1.54, 1.807) is 0 Å². The summed E-state index contributed by atoms with van der Waals surface area (Å²) in [6.07, 6.45) is -18.9. The second kappa shape index (κ2) is 23.3. The maximum atomic E-state index is 11.4. The number of hydrogen-bond acceptors (Lipinski definition) is 20. The van der Waals surface area contributed by atoms with Crippen LogP contribution in [-0.4, -0.2) is 161 Å². The molecular weight excluding hydrogens is 676 g/mol. The largest absolute Gasteiger partial charge is 2.00 e. The Balaban J connectivity index is -0.000000767. The Labute approximate surface area is 263 Å². The van der Waals surface area contributed by atoms with E-state index in [0.29, 0.717) is 0 Å². The molecular formula is C22H36CuN2O20. The molecule has 0 aliphatic carbocycles. The summed E-state index contributed by atoms with van der Waals surface area (Å²) < 4.78 is 8.73. The summed E-state index contributed by atoms with van der Waals surface area (Å²) in [5.74, 6) is -9.23. The van der Waals surface area contributed by atoms with Crippen LogP contribution in [0.1, 0.15) is 25.7 Å². The van der Waals surface area contributed by atoms with E-state index in [2.05, 4.69) is 9.47 Å². The fraction of sp³-hybridized carbons (Fsp3) is 0.727. The Morgan fingerprint density at radius 2 is 0.844 bits per heavy atom. The van der Waals surface area contributed by atoms with E-state index in [0.717, 1.165) is 0 Å². The van der Waals surface area contributed by atoms with Crippen molar-refractivity contribution in [2.75, 3.05) is 13.2 Å². The fourth-order valence-corrected chi connectivity index (χ4v) is 2.74. The Morgan fingerprint density at radius 3 is 1.04 bits per heavy atom. The van der Waals surface area contributed by atoms with Crippen LogP contribution in [0.4, 0.5) is 0 Å². The first-order valence-corrected chi connectivity index (χ1v) is 12.3. The Morgan fingerprint density at radius 1 is 0.578 bits per heavy atom. The van der Waals surface area contributed by atoms with Gasteiger partial charge in [-0.25, -0.2) is 0 Å². The predicted molar refractivity (Wildman–Crippen MR) is 130 cm³/mol. The molecule has 0 fully saturated rings. The molecule has 0 spiro atoms. The van der Waals surface area contributed by atoms with Crippen molar-refractivity contribution in [1.82, 2.24) is 0 Å². The molecule has 1 radical (unpaired) electrons. The van der Waals surface area contributed by atoms with E-state index in [-0.39, 0.29) is 29.9 Å². The topological polar surface area (TPSA) is 421 Å². The molecule has 45 heavy (non-hydrogen) atoms. The van der Waals surface area contributed by atoms with Crippen LogP contribution >= 0.6 is 0 Å². The van der Waals surface area contributed by atoms with Crippen LogP contribution in [0, 0.1) is 0 Å². The molecule has 0 aliphatic rings. The Bertz CT molecular complexity index is 882. The van der Waals surface area contributed by atoms with Crippen molar-refractivity contribution in [3.63, 3.8) is 0 Å². The van der Waals surface area contributed by atoms with E-state index < -0.39 is 123 Å². The third-order valence-electron chi connectivity index (χ3n) is 5.42. The van der Waals surface area contributed by atoms with Gasteiger partial charge in [-0.15, -0.1) is 0 Å². The van der Waals surface area contributed by atoms with Crippen molar-refractivity contribution >= 4 is 35.8 Å². The predicted octanol–water partition coefficient (Wildman–Crippen LogP) is -10.2. The number of aliphatic carboxylic acids is 4. The number of carboxylic acids is 4. The maximum absolute atomic E-state index is 11.4. The molecule has 0 aromatic heterocycles. The first-order valence-electron chi connectivity index (χ1n) is 12.3. The van der Waals surface area contributed by atoms with Gasteiger partial charge in [0, 0.05) is 12.8 Å². The van der Waals surface area contributed by atoms with Gasteiger partial charge >= 0.3 is 40.9 Å². The average molecular weight is 712 g/mol. The normalized spacial score (nSPS) is 17.5. The van der Waals surface area contributed by atoms with Gasteiger partial charge in [0.15, 0.2) is 12.2 Å². The molecule has 0 heterocycles. The summed E-state index contributed by atoms with van der Waals surface area (Å²) in [5.41, 5.74) is 10.3. The zero-order valence-corrected chi connectivity index (χ0v) is 24.0. The summed E-state index contributed by atoms with van der Waals surface area (Å²) in [4.78, 5) is 65.3. The van der Waals surface area contributed by atoms with Crippen molar-refractivity contribution in [3.8, 4) is 0 Å². The summed E-state index contributed by atoms with van der Waals surface area (Å²) in [5, 5.41) is 112. The van der Waals surface area contributed by atoms with Gasteiger partial charge in [-0.2, -0.15) is 0 Å². The monoisotopic (exact) mass is 711 g/mol. The van der Waals surface area contributed by atoms with Crippen molar-refractivity contribution in [2.24, 2.45) is 11.5 Å². The summed E-state index contributed by atoms with van der Waals surface area (Å²) in [6, 6.07) is -2.72. The molecule has 0 saturated heterocycles. The van der Waals surface area contributed by atoms with Gasteiger partial charge in [-0.3, -0.25) is 19.2 Å². The van der Waals surface area contributed by atoms with E-state index in [1.165, 1.54) is 0 Å². The number of hydrogen-bond donors (Lipinski definition) is 12. The van der Waals surface area contributed by atoms with E-state index in [4.69, 9.17) is 42.1 Å². The molecule has 23 heteroatoms. The van der Waals surface area contributed by atoms with Crippen LogP contribution < -0.4 is 21.7 Å². The van der Waals surface area contributed by atoms with Crippen LogP contribution in [0.3, 0.4) is 0 Å². The molecule has 0 aromatic carbocycles. The molecule has 0 saturated carbocycles. The maximum Gasteiger partial charge on any atom is 2.00 e. The number of ether oxygens (including phenoxy) is 2. The number of carboxylic acid groups (broad SMARTS) is 4. The second-order valence-electron chi connectivity index (χ2n) is 8.89. The van der Waals surface area contributed by atoms with Crippen molar-refractivity contribution in [1.29, 1.82) is 0 Å². The third kappa shape index (κ3) is 17.9. The zero-order valence-electron chi connectivity index (χ0n) is 23.0. The SMILES string of the molecule is N[C@@H](CCC(=O)O[C@@H](C(=O)[O-])[C@@H](O)[C@H](O)[C@H](O)CO)C(=O)O.N[C@@H](CCC(=O)O[C@@H](C(=O)[O-])[C@@H](O)[C@H](O)[C@H](O)CO)C(=O)O.[Cu+2]. The zero-order chi connectivity index (χ0) is 34.9. The quantitative estimate of drug-likeness (QED) is 0.0412. The molecule has 265 valence electrons. The minimum Gasteiger partial charge on any atom is -0.546 e. The molecule has 14 N–H and O–H groups in total. The average Bonchev–Trinajstić information content (AvgIpc) is 2.97. The van der Waals surface area contributed by atoms with Gasteiger partial charge in [0.1, 0.15) is 48.7 Å². The number of aliphatic hydroxyl groups is 8. The molecule has 0 rings (SSSR count). The number of esters is 2.